The number of ether oxygens (including phenoxy) is 4. The highest BCUT2D eigenvalue weighted by Crippen LogP contribution is 2.31. The molecule has 0 saturated carbocycles. The fourth-order valence-electron chi connectivity index (χ4n) is 5.45. The zero-order chi connectivity index (χ0) is 35.7. The summed E-state index contributed by atoms with van der Waals surface area (Å²) in [7, 11) is 2.85. The number of benzene rings is 6. The van der Waals surface area contributed by atoms with Crippen LogP contribution >= 0.6 is 0 Å². The lowest BCUT2D eigenvalue weighted by molar-refractivity contribution is 0.0600. The van der Waals surface area contributed by atoms with E-state index < -0.39 is 11.9 Å². The Bertz CT molecular complexity index is 2220. The van der Waals surface area contributed by atoms with Crippen molar-refractivity contribution in [3.63, 3.8) is 0 Å². The van der Waals surface area contributed by atoms with Crippen LogP contribution in [0.15, 0.2) is 127 Å². The van der Waals surface area contributed by atoms with Gasteiger partial charge in [-0.25, -0.2) is 4.79 Å². The zero-order valence-electron chi connectivity index (χ0n) is 28.4. The molecule has 9 nitrogen and oxygen atoms in total. The van der Waals surface area contributed by atoms with Crippen molar-refractivity contribution in [3.05, 3.63) is 161 Å². The summed E-state index contributed by atoms with van der Waals surface area (Å²) in [6.45, 7) is 2.29. The van der Waals surface area contributed by atoms with Crippen LogP contribution in [0.1, 0.15) is 47.8 Å². The van der Waals surface area contributed by atoms with Crippen LogP contribution in [0.4, 0.5) is 11.4 Å². The summed E-state index contributed by atoms with van der Waals surface area (Å²) in [6, 6.07) is 38.3. The maximum Gasteiger partial charge on any atom is 0.337 e. The Hall–Kier alpha value is -6.61. The molecule has 2 N–H and O–H groups in total. The first kappa shape index (κ1) is 34.3. The van der Waals surface area contributed by atoms with Crippen molar-refractivity contribution in [2.45, 2.75) is 20.1 Å². The monoisotopic (exact) mass is 680 g/mol. The molecule has 0 aromatic heterocycles. The van der Waals surface area contributed by atoms with Crippen LogP contribution in [0, 0.1) is 6.92 Å². The smallest absolute Gasteiger partial charge is 0.337 e. The maximum atomic E-state index is 13.7. The molecule has 6 aromatic rings. The molecule has 0 heterocycles. The minimum atomic E-state index is -0.537. The van der Waals surface area contributed by atoms with Crippen LogP contribution < -0.4 is 24.8 Å². The minimum Gasteiger partial charge on any atom is -0.496 e. The molecular formula is C42H36N2O7. The largest absolute Gasteiger partial charge is 0.496 e. The molecule has 0 spiro atoms. The van der Waals surface area contributed by atoms with Gasteiger partial charge in [0.2, 0.25) is 0 Å². The Morgan fingerprint density at radius 1 is 0.529 bits per heavy atom. The predicted molar refractivity (Wildman–Crippen MR) is 197 cm³/mol. The summed E-state index contributed by atoms with van der Waals surface area (Å²) in [6.07, 6.45) is 0. The van der Waals surface area contributed by atoms with E-state index in [1.807, 2.05) is 85.8 Å². The molecule has 0 fully saturated rings. The van der Waals surface area contributed by atoms with E-state index >= 15 is 0 Å². The molecule has 9 heteroatoms. The number of hydrogen-bond acceptors (Lipinski definition) is 7. The molecule has 0 bridgehead atoms. The van der Waals surface area contributed by atoms with Crippen molar-refractivity contribution in [1.82, 2.24) is 0 Å². The van der Waals surface area contributed by atoms with Gasteiger partial charge in [0.25, 0.3) is 11.8 Å². The third-order valence-corrected chi connectivity index (χ3v) is 8.26. The van der Waals surface area contributed by atoms with Crippen molar-refractivity contribution >= 4 is 39.9 Å². The summed E-state index contributed by atoms with van der Waals surface area (Å²) in [5, 5.41) is 7.99. The molecule has 6 rings (SSSR count). The number of nitrogens with one attached hydrogen (secondary N) is 2. The van der Waals surface area contributed by atoms with Gasteiger partial charge in [0, 0.05) is 11.1 Å². The second-order valence-electron chi connectivity index (χ2n) is 11.8. The lowest BCUT2D eigenvalue weighted by atomic mass is 10.1. The molecule has 0 aliphatic carbocycles. The summed E-state index contributed by atoms with van der Waals surface area (Å²) < 4.78 is 22.7. The van der Waals surface area contributed by atoms with Crippen LogP contribution in [-0.4, -0.2) is 32.0 Å². The number of carbonyl (C=O) groups is 3. The molecule has 0 aliphatic rings. The van der Waals surface area contributed by atoms with Gasteiger partial charge in [0.1, 0.15) is 30.5 Å². The standard InChI is InChI=1S/C42H36N2O7/c1-27-13-15-32(22-37(27)48-2)40(45)43-35-19-17-33(23-38(35)50-25-28-9-5-4-6-10-28)41(46)44-36-20-18-34(42(47)49-3)24-39(36)51-26-29-14-16-30-11-7-8-12-31(30)21-29/h4-24H,25-26H2,1-3H3,(H,43,45)(H,44,46). The number of fused-ring (bicyclic) bond motifs is 1. The first-order chi connectivity index (χ1) is 24.8. The molecule has 0 saturated heterocycles. The Morgan fingerprint density at radius 3 is 1.73 bits per heavy atom. The van der Waals surface area contributed by atoms with E-state index in [1.165, 1.54) is 13.2 Å². The highest BCUT2D eigenvalue weighted by atomic mass is 16.5. The number of hydrogen-bond donors (Lipinski definition) is 2. The van der Waals surface area contributed by atoms with Crippen LogP contribution in [0.3, 0.4) is 0 Å². The van der Waals surface area contributed by atoms with E-state index in [9.17, 15) is 14.4 Å². The van der Waals surface area contributed by atoms with E-state index in [0.717, 1.165) is 27.5 Å². The maximum absolute atomic E-state index is 13.7. The van der Waals surface area contributed by atoms with Crippen LogP contribution in [0.25, 0.3) is 10.8 Å². The van der Waals surface area contributed by atoms with E-state index in [4.69, 9.17) is 18.9 Å². The fourth-order valence-corrected chi connectivity index (χ4v) is 5.45. The van der Waals surface area contributed by atoms with Gasteiger partial charge in [0.05, 0.1) is 31.2 Å². The molecule has 0 radical (unpaired) electrons. The summed E-state index contributed by atoms with van der Waals surface area (Å²) in [5.41, 5.74) is 4.40. The molecule has 51 heavy (non-hydrogen) atoms. The van der Waals surface area contributed by atoms with E-state index in [1.54, 1.807) is 49.6 Å². The molecule has 256 valence electrons. The second-order valence-corrected chi connectivity index (χ2v) is 11.8. The molecular weight excluding hydrogens is 644 g/mol. The van der Waals surface area contributed by atoms with Gasteiger partial charge in [-0.3, -0.25) is 9.59 Å². The van der Waals surface area contributed by atoms with E-state index in [0.29, 0.717) is 28.4 Å². The Kier molecular flexibility index (Phi) is 10.6. The number of carbonyl (C=O) groups excluding carboxylic acids is 3. The highest BCUT2D eigenvalue weighted by molar-refractivity contribution is 6.08. The summed E-state index contributed by atoms with van der Waals surface area (Å²) in [5.74, 6) is -0.179. The minimum absolute atomic E-state index is 0.192. The highest BCUT2D eigenvalue weighted by Gasteiger charge is 2.18. The van der Waals surface area contributed by atoms with Crippen molar-refractivity contribution in [2.75, 3.05) is 24.9 Å². The lowest BCUT2D eigenvalue weighted by Crippen LogP contribution is -2.16. The number of esters is 1. The normalized spacial score (nSPS) is 10.6. The lowest BCUT2D eigenvalue weighted by Gasteiger charge is -2.16. The Balaban J connectivity index is 1.26. The van der Waals surface area contributed by atoms with Gasteiger partial charge in [-0.1, -0.05) is 72.8 Å². The van der Waals surface area contributed by atoms with Gasteiger partial charge in [0.15, 0.2) is 0 Å². The van der Waals surface area contributed by atoms with Crippen molar-refractivity contribution in [1.29, 1.82) is 0 Å². The molecule has 0 aliphatic heterocycles. The van der Waals surface area contributed by atoms with Gasteiger partial charge >= 0.3 is 5.97 Å². The molecule has 6 aromatic carbocycles. The zero-order valence-corrected chi connectivity index (χ0v) is 28.4. The van der Waals surface area contributed by atoms with Crippen molar-refractivity contribution in [2.24, 2.45) is 0 Å². The van der Waals surface area contributed by atoms with E-state index in [2.05, 4.69) is 10.6 Å². The number of amides is 2. The average Bonchev–Trinajstić information content (AvgIpc) is 3.17. The van der Waals surface area contributed by atoms with Crippen molar-refractivity contribution in [3.8, 4) is 17.2 Å². The van der Waals surface area contributed by atoms with Gasteiger partial charge < -0.3 is 29.6 Å². The van der Waals surface area contributed by atoms with Gasteiger partial charge in [-0.15, -0.1) is 0 Å². The van der Waals surface area contributed by atoms with Gasteiger partial charge in [-0.2, -0.15) is 0 Å². The number of rotatable bonds is 12. The van der Waals surface area contributed by atoms with E-state index in [-0.39, 0.29) is 36.0 Å². The SMILES string of the molecule is COC(=O)c1ccc(NC(=O)c2ccc(NC(=O)c3ccc(C)c(OC)c3)c(OCc3ccccc3)c2)c(OCc2ccc3ccccc3c2)c1. The Labute approximate surface area is 295 Å². The fraction of sp³-hybridized carbons (Fsp3) is 0.119. The third-order valence-electron chi connectivity index (χ3n) is 8.26. The van der Waals surface area contributed by atoms with Gasteiger partial charge in [-0.05, 0) is 89.0 Å². The molecule has 0 atom stereocenters. The first-order valence-electron chi connectivity index (χ1n) is 16.2. The predicted octanol–water partition coefficient (Wildman–Crippen LogP) is 8.61. The van der Waals surface area contributed by atoms with Crippen LogP contribution in [0.5, 0.6) is 17.2 Å². The second kappa shape index (κ2) is 15.7. The van der Waals surface area contributed by atoms with Crippen LogP contribution in [0.2, 0.25) is 0 Å². The third kappa shape index (κ3) is 8.34. The summed E-state index contributed by atoms with van der Waals surface area (Å²) >= 11 is 0. The molecule has 2 amide bonds. The summed E-state index contributed by atoms with van der Waals surface area (Å²) in [4.78, 5) is 39.4. The van der Waals surface area contributed by atoms with Crippen LogP contribution in [-0.2, 0) is 18.0 Å². The first-order valence-corrected chi connectivity index (χ1v) is 16.2. The number of anilines is 2. The molecule has 0 unspecified atom stereocenters. The number of methoxy groups -OCH3 is 2. The quantitative estimate of drug-likeness (QED) is 0.125. The topological polar surface area (TPSA) is 112 Å². The Morgan fingerprint density at radius 2 is 1.08 bits per heavy atom. The van der Waals surface area contributed by atoms with Crippen molar-refractivity contribution < 1.29 is 33.3 Å². The number of aryl methyl sites for hydroxylation is 1. The average molecular weight is 681 g/mol.